The van der Waals surface area contributed by atoms with Crippen LogP contribution in [0.25, 0.3) is 16.8 Å². The lowest BCUT2D eigenvalue weighted by Crippen LogP contribution is -2.07. The molecule has 7 nitrogen and oxygen atoms in total. The largest absolute Gasteiger partial charge is 0.496 e. The van der Waals surface area contributed by atoms with Crippen molar-refractivity contribution >= 4 is 23.2 Å². The van der Waals surface area contributed by atoms with Gasteiger partial charge in [-0.2, -0.15) is 5.10 Å². The first-order valence-corrected chi connectivity index (χ1v) is 7.31. The van der Waals surface area contributed by atoms with E-state index in [4.69, 9.17) is 25.8 Å². The summed E-state index contributed by atoms with van der Waals surface area (Å²) in [5.41, 5.74) is 2.12. The van der Waals surface area contributed by atoms with E-state index < -0.39 is 5.97 Å². The van der Waals surface area contributed by atoms with Gasteiger partial charge >= 0.3 is 5.97 Å². The fraction of sp³-hybridized carbons (Fsp3) is 0.188. The molecule has 0 unspecified atom stereocenters. The van der Waals surface area contributed by atoms with Gasteiger partial charge in [-0.1, -0.05) is 11.6 Å². The number of nitrogens with zero attached hydrogens (tertiary/aromatic N) is 3. The van der Waals surface area contributed by atoms with Gasteiger partial charge < -0.3 is 14.2 Å². The molecule has 0 aliphatic rings. The van der Waals surface area contributed by atoms with Gasteiger partial charge in [0.25, 0.3) is 0 Å². The summed E-state index contributed by atoms with van der Waals surface area (Å²) in [7, 11) is 4.24. The first-order valence-electron chi connectivity index (χ1n) is 6.93. The Morgan fingerprint density at radius 3 is 2.58 bits per heavy atom. The highest BCUT2D eigenvalue weighted by molar-refractivity contribution is 6.30. The lowest BCUT2D eigenvalue weighted by Gasteiger charge is -2.15. The lowest BCUT2D eigenvalue weighted by atomic mass is 10.0. The summed E-state index contributed by atoms with van der Waals surface area (Å²) in [5, 5.41) is 4.70. The first-order chi connectivity index (χ1) is 11.6. The molecule has 0 saturated carbocycles. The standard InChI is InChI=1S/C16H14ClN3O4/c1-22-12-5-4-10(14(23-2)13(12)16(21)24-3)11-7-19-20-8-9(17)6-18-15(11)20/h4-8H,1-3H3. The number of hydrogen-bond acceptors (Lipinski definition) is 6. The molecular formula is C16H14ClN3O4. The molecule has 2 aromatic heterocycles. The molecule has 8 heteroatoms. The highest BCUT2D eigenvalue weighted by Gasteiger charge is 2.24. The van der Waals surface area contributed by atoms with Gasteiger partial charge in [0.05, 0.1) is 44.3 Å². The minimum absolute atomic E-state index is 0.202. The number of esters is 1. The smallest absolute Gasteiger partial charge is 0.345 e. The van der Waals surface area contributed by atoms with Gasteiger partial charge in [0, 0.05) is 11.8 Å². The maximum atomic E-state index is 12.2. The van der Waals surface area contributed by atoms with Gasteiger partial charge in [-0.05, 0) is 12.1 Å². The second-order valence-electron chi connectivity index (χ2n) is 4.81. The fourth-order valence-electron chi connectivity index (χ4n) is 2.50. The molecule has 3 rings (SSSR count). The van der Waals surface area contributed by atoms with Crippen LogP contribution in [-0.4, -0.2) is 41.9 Å². The van der Waals surface area contributed by atoms with Crippen LogP contribution >= 0.6 is 11.6 Å². The summed E-state index contributed by atoms with van der Waals surface area (Å²) < 4.78 is 17.1. The Balaban J connectivity index is 2.29. The summed E-state index contributed by atoms with van der Waals surface area (Å²) >= 11 is 5.93. The second-order valence-corrected chi connectivity index (χ2v) is 5.25. The van der Waals surface area contributed by atoms with E-state index in [0.717, 1.165) is 0 Å². The first kappa shape index (κ1) is 16.1. The minimum atomic E-state index is -0.557. The van der Waals surface area contributed by atoms with Crippen LogP contribution in [0.1, 0.15) is 10.4 Å². The Hall–Kier alpha value is -2.80. The highest BCUT2D eigenvalue weighted by Crippen LogP contribution is 2.39. The molecule has 0 bridgehead atoms. The molecule has 0 radical (unpaired) electrons. The van der Waals surface area contributed by atoms with E-state index in [0.29, 0.717) is 33.3 Å². The monoisotopic (exact) mass is 347 g/mol. The molecule has 0 saturated heterocycles. The number of halogens is 1. The van der Waals surface area contributed by atoms with E-state index in [9.17, 15) is 4.79 Å². The van der Waals surface area contributed by atoms with Crippen molar-refractivity contribution in [1.29, 1.82) is 0 Å². The number of ether oxygens (including phenoxy) is 3. The molecule has 1 aromatic carbocycles. The van der Waals surface area contributed by atoms with Crippen LogP contribution in [-0.2, 0) is 4.74 Å². The molecular weight excluding hydrogens is 334 g/mol. The predicted octanol–water partition coefficient (Wildman–Crippen LogP) is 2.85. The summed E-state index contributed by atoms with van der Waals surface area (Å²) in [5.74, 6) is 0.126. The maximum absolute atomic E-state index is 12.2. The summed E-state index contributed by atoms with van der Waals surface area (Å²) in [6.45, 7) is 0. The molecule has 2 heterocycles. The van der Waals surface area contributed by atoms with Crippen molar-refractivity contribution in [2.75, 3.05) is 21.3 Å². The SMILES string of the molecule is COC(=O)c1c(OC)ccc(-c2cnn3cc(Cl)cnc23)c1OC. The predicted molar refractivity (Wildman–Crippen MR) is 87.9 cm³/mol. The molecule has 0 spiro atoms. The Morgan fingerprint density at radius 1 is 1.12 bits per heavy atom. The molecule has 24 heavy (non-hydrogen) atoms. The second kappa shape index (κ2) is 6.37. The molecule has 0 aliphatic heterocycles. The van der Waals surface area contributed by atoms with Crippen molar-refractivity contribution < 1.29 is 19.0 Å². The van der Waals surface area contributed by atoms with Crippen LogP contribution in [0.3, 0.4) is 0 Å². The van der Waals surface area contributed by atoms with Crippen LogP contribution < -0.4 is 9.47 Å². The topological polar surface area (TPSA) is 75.0 Å². The zero-order valence-corrected chi connectivity index (χ0v) is 14.0. The van der Waals surface area contributed by atoms with Gasteiger partial charge in [0.15, 0.2) is 5.65 Å². The number of rotatable bonds is 4. The van der Waals surface area contributed by atoms with Gasteiger partial charge in [-0.25, -0.2) is 14.3 Å². The van der Waals surface area contributed by atoms with Crippen LogP contribution in [0.5, 0.6) is 11.5 Å². The highest BCUT2D eigenvalue weighted by atomic mass is 35.5. The van der Waals surface area contributed by atoms with E-state index in [2.05, 4.69) is 10.1 Å². The average Bonchev–Trinajstić information content (AvgIpc) is 3.02. The van der Waals surface area contributed by atoms with Crippen LogP contribution in [0, 0.1) is 0 Å². The van der Waals surface area contributed by atoms with Gasteiger partial charge in [-0.15, -0.1) is 0 Å². The zero-order chi connectivity index (χ0) is 17.3. The lowest BCUT2D eigenvalue weighted by molar-refractivity contribution is 0.0593. The molecule has 0 atom stereocenters. The summed E-state index contributed by atoms with van der Waals surface area (Å²) in [6, 6.07) is 3.45. The molecule has 3 aromatic rings. The number of methoxy groups -OCH3 is 3. The summed E-state index contributed by atoms with van der Waals surface area (Å²) in [6.07, 6.45) is 4.80. The Bertz CT molecular complexity index is 923. The van der Waals surface area contributed by atoms with Crippen molar-refractivity contribution in [3.05, 3.63) is 41.3 Å². The van der Waals surface area contributed by atoms with Gasteiger partial charge in [0.1, 0.15) is 17.1 Å². The number of aromatic nitrogens is 3. The molecule has 0 N–H and O–H groups in total. The van der Waals surface area contributed by atoms with Crippen molar-refractivity contribution in [2.45, 2.75) is 0 Å². The fourth-order valence-corrected chi connectivity index (χ4v) is 2.64. The van der Waals surface area contributed by atoms with Gasteiger partial charge in [-0.3, -0.25) is 0 Å². The van der Waals surface area contributed by atoms with Crippen molar-refractivity contribution in [3.8, 4) is 22.6 Å². The third kappa shape index (κ3) is 2.52. The maximum Gasteiger partial charge on any atom is 0.345 e. The van der Waals surface area contributed by atoms with Crippen LogP contribution in [0.15, 0.2) is 30.7 Å². The number of carbonyl (C=O) groups is 1. The normalized spacial score (nSPS) is 10.7. The molecule has 0 aliphatic carbocycles. The molecule has 0 amide bonds. The zero-order valence-electron chi connectivity index (χ0n) is 13.2. The van der Waals surface area contributed by atoms with Crippen LogP contribution in [0.2, 0.25) is 5.02 Å². The number of carbonyl (C=O) groups excluding carboxylic acids is 1. The molecule has 124 valence electrons. The van der Waals surface area contributed by atoms with Crippen LogP contribution in [0.4, 0.5) is 0 Å². The third-order valence-corrected chi connectivity index (χ3v) is 3.74. The van der Waals surface area contributed by atoms with Crippen molar-refractivity contribution in [1.82, 2.24) is 14.6 Å². The number of fused-ring (bicyclic) bond motifs is 1. The van der Waals surface area contributed by atoms with E-state index in [1.165, 1.54) is 27.5 Å². The van der Waals surface area contributed by atoms with E-state index >= 15 is 0 Å². The van der Waals surface area contributed by atoms with E-state index in [1.807, 2.05) is 0 Å². The Kier molecular flexibility index (Phi) is 4.26. The van der Waals surface area contributed by atoms with E-state index in [-0.39, 0.29) is 5.56 Å². The Morgan fingerprint density at radius 2 is 1.92 bits per heavy atom. The minimum Gasteiger partial charge on any atom is -0.496 e. The average molecular weight is 348 g/mol. The van der Waals surface area contributed by atoms with Crippen molar-refractivity contribution in [2.24, 2.45) is 0 Å². The van der Waals surface area contributed by atoms with Crippen molar-refractivity contribution in [3.63, 3.8) is 0 Å². The van der Waals surface area contributed by atoms with Gasteiger partial charge in [0.2, 0.25) is 0 Å². The molecule has 0 fully saturated rings. The number of benzene rings is 1. The summed E-state index contributed by atoms with van der Waals surface area (Å²) in [4.78, 5) is 16.5. The quantitative estimate of drug-likeness (QED) is 0.675. The van der Waals surface area contributed by atoms with E-state index in [1.54, 1.807) is 29.0 Å². The third-order valence-electron chi connectivity index (χ3n) is 3.55. The number of hydrogen-bond donors (Lipinski definition) is 0. The Labute approximate surface area is 142 Å².